The Kier molecular flexibility index (Phi) is 3.33. The normalized spacial score (nSPS) is 16.9. The van der Waals surface area contributed by atoms with Gasteiger partial charge in [-0.3, -0.25) is 9.59 Å². The Morgan fingerprint density at radius 3 is 2.41 bits per heavy atom. The number of carbonyl (C=O) groups is 2. The molecule has 2 rings (SSSR count). The maximum atomic E-state index is 11.8. The van der Waals surface area contributed by atoms with E-state index in [0.29, 0.717) is 5.57 Å². The summed E-state index contributed by atoms with van der Waals surface area (Å²) in [5, 5.41) is 0. The van der Waals surface area contributed by atoms with Gasteiger partial charge in [-0.15, -0.1) is 0 Å². The zero-order valence-corrected chi connectivity index (χ0v) is 9.72. The first kappa shape index (κ1) is 11.5. The lowest BCUT2D eigenvalue weighted by Gasteiger charge is -2.18. The molecule has 1 unspecified atom stereocenters. The average molecular weight is 226 g/mol. The highest BCUT2D eigenvalue weighted by molar-refractivity contribution is 6.17. The molecule has 17 heavy (non-hydrogen) atoms. The first-order valence-electron chi connectivity index (χ1n) is 5.75. The largest absolute Gasteiger partial charge is 0.290 e. The van der Waals surface area contributed by atoms with E-state index in [0.717, 1.165) is 12.0 Å². The Balaban J connectivity index is 2.37. The minimum Gasteiger partial charge on any atom is -0.290 e. The second kappa shape index (κ2) is 4.91. The smallest absolute Gasteiger partial charge is 0.182 e. The Morgan fingerprint density at radius 2 is 1.76 bits per heavy atom. The molecule has 0 bridgehead atoms. The van der Waals surface area contributed by atoms with E-state index in [1.807, 2.05) is 37.3 Å². The molecule has 0 aliphatic heterocycles. The summed E-state index contributed by atoms with van der Waals surface area (Å²) >= 11 is 0. The second-order valence-electron chi connectivity index (χ2n) is 4.07. The van der Waals surface area contributed by atoms with Crippen molar-refractivity contribution in [3.63, 3.8) is 0 Å². The summed E-state index contributed by atoms with van der Waals surface area (Å²) in [6.45, 7) is 2.02. The highest BCUT2D eigenvalue weighted by atomic mass is 16.1. The Labute approximate surface area is 101 Å². The molecule has 0 fully saturated rings. The summed E-state index contributed by atoms with van der Waals surface area (Å²) in [5.74, 6) is -0.146. The SMILES string of the molecule is CCC(C1=CC(=O)C=CC1=O)c1ccccc1. The fourth-order valence-corrected chi connectivity index (χ4v) is 2.12. The topological polar surface area (TPSA) is 34.1 Å². The molecule has 0 heterocycles. The van der Waals surface area contributed by atoms with Crippen molar-refractivity contribution in [1.82, 2.24) is 0 Å². The predicted octanol–water partition coefficient (Wildman–Crippen LogP) is 2.81. The highest BCUT2D eigenvalue weighted by Crippen LogP contribution is 2.29. The molecule has 1 aromatic carbocycles. The first-order chi connectivity index (χ1) is 8.22. The Bertz CT molecular complexity index is 495. The monoisotopic (exact) mass is 226 g/mol. The first-order valence-corrected chi connectivity index (χ1v) is 5.75. The summed E-state index contributed by atoms with van der Waals surface area (Å²) < 4.78 is 0. The number of carbonyl (C=O) groups excluding carboxylic acids is 2. The van der Waals surface area contributed by atoms with Crippen molar-refractivity contribution in [2.75, 3.05) is 0 Å². The van der Waals surface area contributed by atoms with Crippen LogP contribution in [0.25, 0.3) is 0 Å². The van der Waals surface area contributed by atoms with E-state index in [2.05, 4.69) is 0 Å². The summed E-state index contributed by atoms with van der Waals surface area (Å²) in [5.41, 5.74) is 1.68. The molecule has 2 nitrogen and oxygen atoms in total. The van der Waals surface area contributed by atoms with Crippen LogP contribution in [0.3, 0.4) is 0 Å². The van der Waals surface area contributed by atoms with E-state index in [9.17, 15) is 9.59 Å². The molecule has 0 spiro atoms. The second-order valence-corrected chi connectivity index (χ2v) is 4.07. The molecule has 0 saturated carbocycles. The Hall–Kier alpha value is -1.96. The van der Waals surface area contributed by atoms with Crippen LogP contribution >= 0.6 is 0 Å². The van der Waals surface area contributed by atoms with E-state index in [4.69, 9.17) is 0 Å². The van der Waals surface area contributed by atoms with Gasteiger partial charge in [0.15, 0.2) is 11.6 Å². The number of hydrogen-bond donors (Lipinski definition) is 0. The van der Waals surface area contributed by atoms with Crippen LogP contribution in [0.15, 0.2) is 54.1 Å². The third kappa shape index (κ3) is 2.41. The van der Waals surface area contributed by atoms with Gasteiger partial charge in [0.05, 0.1) is 0 Å². The average Bonchev–Trinajstić information content (AvgIpc) is 2.36. The summed E-state index contributed by atoms with van der Waals surface area (Å²) in [6, 6.07) is 9.82. The van der Waals surface area contributed by atoms with E-state index in [-0.39, 0.29) is 17.5 Å². The molecular formula is C15H14O2. The fourth-order valence-electron chi connectivity index (χ4n) is 2.12. The number of ketones is 2. The van der Waals surface area contributed by atoms with Crippen molar-refractivity contribution in [2.24, 2.45) is 0 Å². The van der Waals surface area contributed by atoms with Gasteiger partial charge < -0.3 is 0 Å². The van der Waals surface area contributed by atoms with Crippen molar-refractivity contribution < 1.29 is 9.59 Å². The van der Waals surface area contributed by atoms with Crippen LogP contribution in [0.5, 0.6) is 0 Å². The van der Waals surface area contributed by atoms with Gasteiger partial charge in [-0.25, -0.2) is 0 Å². The zero-order valence-electron chi connectivity index (χ0n) is 9.72. The van der Waals surface area contributed by atoms with Crippen LogP contribution in [-0.4, -0.2) is 11.6 Å². The van der Waals surface area contributed by atoms with Crippen molar-refractivity contribution in [3.05, 3.63) is 59.7 Å². The van der Waals surface area contributed by atoms with E-state index >= 15 is 0 Å². The summed E-state index contributed by atoms with van der Waals surface area (Å²) in [4.78, 5) is 23.2. The van der Waals surface area contributed by atoms with Crippen LogP contribution in [0.1, 0.15) is 24.8 Å². The molecule has 0 amide bonds. The predicted molar refractivity (Wildman–Crippen MR) is 66.7 cm³/mol. The lowest BCUT2D eigenvalue weighted by Crippen LogP contribution is -2.14. The zero-order chi connectivity index (χ0) is 12.3. The molecule has 0 saturated heterocycles. The molecule has 1 aliphatic rings. The summed E-state index contributed by atoms with van der Waals surface area (Å²) in [6.07, 6.45) is 4.96. The number of rotatable bonds is 3. The van der Waals surface area contributed by atoms with Crippen LogP contribution in [-0.2, 0) is 9.59 Å². The molecule has 1 aliphatic carbocycles. The number of hydrogen-bond acceptors (Lipinski definition) is 2. The third-order valence-electron chi connectivity index (χ3n) is 2.97. The van der Waals surface area contributed by atoms with Crippen LogP contribution in [0.2, 0.25) is 0 Å². The standard InChI is InChI=1S/C15H14O2/c1-2-13(11-6-4-3-5-7-11)14-10-12(16)8-9-15(14)17/h3-10,13H,2H2,1H3. The van der Waals surface area contributed by atoms with E-state index < -0.39 is 0 Å². The molecular weight excluding hydrogens is 212 g/mol. The van der Waals surface area contributed by atoms with Gasteiger partial charge >= 0.3 is 0 Å². The fraction of sp³-hybridized carbons (Fsp3) is 0.200. The van der Waals surface area contributed by atoms with Crippen molar-refractivity contribution >= 4 is 11.6 Å². The minimum atomic E-state index is -0.103. The lowest BCUT2D eigenvalue weighted by atomic mass is 9.84. The number of allylic oxidation sites excluding steroid dienone is 4. The van der Waals surface area contributed by atoms with Gasteiger partial charge in [0.25, 0.3) is 0 Å². The van der Waals surface area contributed by atoms with Gasteiger partial charge in [0, 0.05) is 11.5 Å². The molecule has 2 heteroatoms. The van der Waals surface area contributed by atoms with Gasteiger partial charge in [0.2, 0.25) is 0 Å². The van der Waals surface area contributed by atoms with Gasteiger partial charge in [-0.1, -0.05) is 37.3 Å². The quantitative estimate of drug-likeness (QED) is 0.743. The van der Waals surface area contributed by atoms with Crippen molar-refractivity contribution in [2.45, 2.75) is 19.3 Å². The third-order valence-corrected chi connectivity index (χ3v) is 2.97. The minimum absolute atomic E-state index is 0.0117. The van der Waals surface area contributed by atoms with Gasteiger partial charge in [-0.05, 0) is 30.2 Å². The van der Waals surface area contributed by atoms with Crippen LogP contribution in [0, 0.1) is 0 Å². The van der Waals surface area contributed by atoms with Crippen LogP contribution < -0.4 is 0 Å². The van der Waals surface area contributed by atoms with Crippen molar-refractivity contribution in [1.29, 1.82) is 0 Å². The van der Waals surface area contributed by atoms with Gasteiger partial charge in [-0.2, -0.15) is 0 Å². The molecule has 1 aromatic rings. The molecule has 0 N–H and O–H groups in total. The summed E-state index contributed by atoms with van der Waals surface area (Å²) in [7, 11) is 0. The highest BCUT2D eigenvalue weighted by Gasteiger charge is 2.22. The van der Waals surface area contributed by atoms with Crippen LogP contribution in [0.4, 0.5) is 0 Å². The molecule has 0 radical (unpaired) electrons. The maximum Gasteiger partial charge on any atom is 0.182 e. The van der Waals surface area contributed by atoms with Crippen molar-refractivity contribution in [3.8, 4) is 0 Å². The number of benzene rings is 1. The Morgan fingerprint density at radius 1 is 1.06 bits per heavy atom. The maximum absolute atomic E-state index is 11.8. The van der Waals surface area contributed by atoms with Gasteiger partial charge in [0.1, 0.15) is 0 Å². The molecule has 0 aromatic heterocycles. The lowest BCUT2D eigenvalue weighted by molar-refractivity contribution is -0.114. The molecule has 1 atom stereocenters. The van der Waals surface area contributed by atoms with E-state index in [1.54, 1.807) is 0 Å². The molecule has 86 valence electrons. The van der Waals surface area contributed by atoms with E-state index in [1.165, 1.54) is 18.2 Å².